The Morgan fingerprint density at radius 3 is 2.92 bits per heavy atom. The third-order valence-electron chi connectivity index (χ3n) is 2.87. The first kappa shape index (κ1) is 8.53. The van der Waals surface area contributed by atoms with E-state index in [-0.39, 0.29) is 18.0 Å². The van der Waals surface area contributed by atoms with Crippen molar-refractivity contribution in [2.24, 2.45) is 5.92 Å². The lowest BCUT2D eigenvalue weighted by Gasteiger charge is -2.40. The molecule has 2 saturated heterocycles. The second-order valence-electron chi connectivity index (χ2n) is 4.05. The van der Waals surface area contributed by atoms with Crippen molar-refractivity contribution in [2.75, 3.05) is 6.54 Å². The van der Waals surface area contributed by atoms with Crippen molar-refractivity contribution in [3.8, 4) is 0 Å². The van der Waals surface area contributed by atoms with E-state index in [1.807, 2.05) is 0 Å². The van der Waals surface area contributed by atoms with Crippen LogP contribution in [0.3, 0.4) is 0 Å². The standard InChI is InChI=1S/C9H14N2O2/c1-6-2-3-7-4-8(12)10-9(13)11(7)5-6/h6-7H,2-5H2,1H3,(H,10,12,13). The van der Waals surface area contributed by atoms with Crippen LogP contribution in [0.2, 0.25) is 0 Å². The molecule has 4 heteroatoms. The minimum absolute atomic E-state index is 0.124. The normalized spacial score (nSPS) is 34.1. The van der Waals surface area contributed by atoms with E-state index in [0.717, 1.165) is 19.4 Å². The quantitative estimate of drug-likeness (QED) is 0.600. The Morgan fingerprint density at radius 1 is 1.38 bits per heavy atom. The Hall–Kier alpha value is -1.06. The average molecular weight is 182 g/mol. The number of piperidine rings is 1. The van der Waals surface area contributed by atoms with Gasteiger partial charge in [0.1, 0.15) is 0 Å². The van der Waals surface area contributed by atoms with E-state index < -0.39 is 0 Å². The Balaban J connectivity index is 2.11. The van der Waals surface area contributed by atoms with Gasteiger partial charge >= 0.3 is 6.03 Å². The number of nitrogens with one attached hydrogen (secondary N) is 1. The lowest BCUT2D eigenvalue weighted by atomic mass is 9.91. The maximum absolute atomic E-state index is 11.4. The topological polar surface area (TPSA) is 49.4 Å². The van der Waals surface area contributed by atoms with Crippen LogP contribution in [0.5, 0.6) is 0 Å². The summed E-state index contributed by atoms with van der Waals surface area (Å²) in [6.07, 6.45) is 2.58. The third kappa shape index (κ3) is 1.53. The third-order valence-corrected chi connectivity index (χ3v) is 2.87. The van der Waals surface area contributed by atoms with Crippen molar-refractivity contribution in [1.29, 1.82) is 0 Å². The zero-order chi connectivity index (χ0) is 9.42. The van der Waals surface area contributed by atoms with Crippen molar-refractivity contribution < 1.29 is 9.59 Å². The Labute approximate surface area is 77.3 Å². The minimum atomic E-state index is -0.201. The number of urea groups is 1. The van der Waals surface area contributed by atoms with Gasteiger partial charge in [0, 0.05) is 19.0 Å². The van der Waals surface area contributed by atoms with Gasteiger partial charge in [-0.15, -0.1) is 0 Å². The highest BCUT2D eigenvalue weighted by Crippen LogP contribution is 2.25. The summed E-state index contributed by atoms with van der Waals surface area (Å²) in [5.41, 5.74) is 0. The van der Waals surface area contributed by atoms with Crippen LogP contribution in [0.15, 0.2) is 0 Å². The van der Waals surface area contributed by atoms with Gasteiger partial charge in [-0.25, -0.2) is 4.79 Å². The molecular weight excluding hydrogens is 168 g/mol. The molecule has 0 radical (unpaired) electrons. The van der Waals surface area contributed by atoms with Gasteiger partial charge in [0.25, 0.3) is 0 Å². The highest BCUT2D eigenvalue weighted by atomic mass is 16.2. The van der Waals surface area contributed by atoms with Crippen LogP contribution >= 0.6 is 0 Å². The summed E-state index contributed by atoms with van der Waals surface area (Å²) in [7, 11) is 0. The fourth-order valence-corrected chi connectivity index (χ4v) is 2.13. The summed E-state index contributed by atoms with van der Waals surface area (Å²) >= 11 is 0. The maximum atomic E-state index is 11.4. The molecule has 0 bridgehead atoms. The van der Waals surface area contributed by atoms with Crippen molar-refractivity contribution in [3.05, 3.63) is 0 Å². The van der Waals surface area contributed by atoms with Crippen LogP contribution in [0, 0.1) is 5.92 Å². The summed E-state index contributed by atoms with van der Waals surface area (Å²) in [6, 6.07) is -0.0368. The first-order valence-corrected chi connectivity index (χ1v) is 4.77. The summed E-state index contributed by atoms with van der Waals surface area (Å²) in [5.74, 6) is 0.441. The number of hydrogen-bond acceptors (Lipinski definition) is 2. The van der Waals surface area contributed by atoms with Gasteiger partial charge in [-0.3, -0.25) is 10.1 Å². The number of nitrogens with zero attached hydrogens (tertiary/aromatic N) is 1. The van der Waals surface area contributed by atoms with Crippen molar-refractivity contribution in [3.63, 3.8) is 0 Å². The Kier molecular flexibility index (Phi) is 1.98. The molecule has 2 aliphatic rings. The minimum Gasteiger partial charge on any atom is -0.321 e. The summed E-state index contributed by atoms with van der Waals surface area (Å²) < 4.78 is 0. The molecule has 2 rings (SSSR count). The molecule has 0 aromatic heterocycles. The Morgan fingerprint density at radius 2 is 2.15 bits per heavy atom. The lowest BCUT2D eigenvalue weighted by molar-refractivity contribution is -0.123. The number of fused-ring (bicyclic) bond motifs is 1. The molecule has 72 valence electrons. The van der Waals surface area contributed by atoms with E-state index in [4.69, 9.17) is 0 Å². The summed E-state index contributed by atoms with van der Waals surface area (Å²) in [6.45, 7) is 2.93. The monoisotopic (exact) mass is 182 g/mol. The van der Waals surface area contributed by atoms with Gasteiger partial charge in [0.2, 0.25) is 5.91 Å². The predicted octanol–water partition coefficient (Wildman–Crippen LogP) is 0.727. The summed E-state index contributed by atoms with van der Waals surface area (Å²) in [5, 5.41) is 2.35. The van der Waals surface area contributed by atoms with Gasteiger partial charge < -0.3 is 4.90 Å². The van der Waals surface area contributed by atoms with Gasteiger partial charge in [0.15, 0.2) is 0 Å². The van der Waals surface area contributed by atoms with Gasteiger partial charge in [-0.05, 0) is 18.8 Å². The number of amides is 3. The number of hydrogen-bond donors (Lipinski definition) is 1. The predicted molar refractivity (Wildman–Crippen MR) is 47.0 cm³/mol. The fourth-order valence-electron chi connectivity index (χ4n) is 2.13. The SMILES string of the molecule is CC1CCC2CC(=O)NC(=O)N2C1. The highest BCUT2D eigenvalue weighted by Gasteiger charge is 2.35. The van der Waals surface area contributed by atoms with E-state index >= 15 is 0 Å². The molecule has 0 saturated carbocycles. The molecule has 4 nitrogen and oxygen atoms in total. The molecule has 2 heterocycles. The van der Waals surface area contributed by atoms with E-state index in [9.17, 15) is 9.59 Å². The largest absolute Gasteiger partial charge is 0.324 e. The summed E-state index contributed by atoms with van der Waals surface area (Å²) in [4.78, 5) is 24.2. The Bertz CT molecular complexity index is 252. The molecule has 0 aliphatic carbocycles. The van der Waals surface area contributed by atoms with Gasteiger partial charge in [0.05, 0.1) is 0 Å². The molecule has 1 N–H and O–H groups in total. The number of rotatable bonds is 0. The molecule has 2 fully saturated rings. The van der Waals surface area contributed by atoms with Crippen molar-refractivity contribution >= 4 is 11.9 Å². The first-order valence-electron chi connectivity index (χ1n) is 4.77. The van der Waals surface area contributed by atoms with E-state index in [1.165, 1.54) is 0 Å². The molecule has 0 spiro atoms. The molecule has 0 aromatic rings. The molecule has 2 atom stereocenters. The van der Waals surface area contributed by atoms with E-state index in [2.05, 4.69) is 12.2 Å². The van der Waals surface area contributed by atoms with Crippen LogP contribution < -0.4 is 5.32 Å². The second kappa shape index (κ2) is 3.01. The highest BCUT2D eigenvalue weighted by molar-refractivity contribution is 5.97. The number of carbonyl (C=O) groups excluding carboxylic acids is 2. The molecule has 0 aromatic carbocycles. The average Bonchev–Trinajstić information content (AvgIpc) is 2.06. The molecule has 2 unspecified atom stereocenters. The van der Waals surface area contributed by atoms with Crippen LogP contribution in [-0.2, 0) is 4.79 Å². The molecule has 13 heavy (non-hydrogen) atoms. The fraction of sp³-hybridized carbons (Fsp3) is 0.778. The van der Waals surface area contributed by atoms with E-state index in [1.54, 1.807) is 4.90 Å². The smallest absolute Gasteiger partial charge is 0.321 e. The first-order chi connectivity index (χ1) is 6.16. The van der Waals surface area contributed by atoms with Crippen molar-refractivity contribution in [2.45, 2.75) is 32.2 Å². The molecule has 3 amide bonds. The van der Waals surface area contributed by atoms with Crippen LogP contribution in [0.1, 0.15) is 26.2 Å². The maximum Gasteiger partial charge on any atom is 0.324 e. The van der Waals surface area contributed by atoms with Crippen LogP contribution in [0.25, 0.3) is 0 Å². The van der Waals surface area contributed by atoms with Gasteiger partial charge in [-0.1, -0.05) is 6.92 Å². The zero-order valence-corrected chi connectivity index (χ0v) is 7.75. The van der Waals surface area contributed by atoms with Crippen molar-refractivity contribution in [1.82, 2.24) is 10.2 Å². The van der Waals surface area contributed by atoms with E-state index in [0.29, 0.717) is 12.3 Å². The van der Waals surface area contributed by atoms with Crippen LogP contribution in [0.4, 0.5) is 4.79 Å². The second-order valence-corrected chi connectivity index (χ2v) is 4.05. The van der Waals surface area contributed by atoms with Crippen LogP contribution in [-0.4, -0.2) is 29.4 Å². The number of imide groups is 1. The van der Waals surface area contributed by atoms with Gasteiger partial charge in [-0.2, -0.15) is 0 Å². The number of carbonyl (C=O) groups is 2. The lowest BCUT2D eigenvalue weighted by Crippen LogP contribution is -2.57. The molecular formula is C9H14N2O2. The molecule has 2 aliphatic heterocycles. The zero-order valence-electron chi connectivity index (χ0n) is 7.75.